The summed E-state index contributed by atoms with van der Waals surface area (Å²) in [4.78, 5) is 164. The lowest BCUT2D eigenvalue weighted by Gasteiger charge is -2.29. The number of unbranched alkanes of at least 4 members (excludes halogenated alkanes) is 1. The van der Waals surface area contributed by atoms with Crippen LogP contribution in [0.25, 0.3) is 32.7 Å². The number of aromatic nitrogens is 3. The number of hydrogen-bond donors (Lipinski definition) is 21. The van der Waals surface area contributed by atoms with Crippen molar-refractivity contribution in [3.63, 3.8) is 0 Å². The normalized spacial score (nSPS) is 14.4. The van der Waals surface area contributed by atoms with Gasteiger partial charge in [0.05, 0.1) is 6.04 Å². The Kier molecular flexibility index (Phi) is 31.5. The molecular weight excluding hydrogens is 1330 g/mol. The van der Waals surface area contributed by atoms with Crippen molar-refractivity contribution in [2.45, 2.75) is 172 Å². The molecule has 34 nitrogen and oxygen atoms in total. The van der Waals surface area contributed by atoms with E-state index in [1.807, 2.05) is 54.6 Å². The lowest BCUT2D eigenvalue weighted by molar-refractivity contribution is -0.142. The molecule has 0 saturated carbocycles. The van der Waals surface area contributed by atoms with E-state index in [4.69, 9.17) is 45.9 Å². The number of carboxylic acids is 1. The van der Waals surface area contributed by atoms with E-state index in [1.54, 1.807) is 50.6 Å². The number of nitrogens with two attached hydrogens (primary N) is 8. The molecule has 9 amide bonds. The summed E-state index contributed by atoms with van der Waals surface area (Å²) in [5, 5.41) is 36.6. The third-order valence-corrected chi connectivity index (χ3v) is 17.5. The molecule has 3 aromatic heterocycles. The zero-order chi connectivity index (χ0) is 75.3. The van der Waals surface area contributed by atoms with Crippen LogP contribution in [0, 0.1) is 5.92 Å². The third kappa shape index (κ3) is 25.1. The van der Waals surface area contributed by atoms with Crippen LogP contribution in [-0.2, 0) is 67.2 Å². The molecule has 0 aliphatic carbocycles. The number of carbonyl (C=O) groups excluding carboxylic acids is 9. The van der Waals surface area contributed by atoms with Gasteiger partial charge in [0.15, 0.2) is 17.9 Å². The Balaban J connectivity index is 1.25. The summed E-state index contributed by atoms with van der Waals surface area (Å²) in [5.74, 6) is -9.72. The summed E-state index contributed by atoms with van der Waals surface area (Å²) >= 11 is 0. The minimum Gasteiger partial charge on any atom is -0.480 e. The predicted molar refractivity (Wildman–Crippen MR) is 392 cm³/mol. The molecule has 34 heteroatoms. The van der Waals surface area contributed by atoms with Gasteiger partial charge in [0.25, 0.3) is 0 Å². The summed E-state index contributed by atoms with van der Waals surface area (Å²) in [6, 6.07) is 8.41. The average Bonchev–Trinajstić information content (AvgIpc) is 1.74. The topological polar surface area (TPSA) is 592 Å². The predicted octanol–water partition coefficient (Wildman–Crippen LogP) is -1.69. The number of fused-ring (bicyclic) bond motifs is 3. The van der Waals surface area contributed by atoms with E-state index < -0.39 is 125 Å². The van der Waals surface area contributed by atoms with Gasteiger partial charge in [-0.3, -0.25) is 58.1 Å². The fourth-order valence-electron chi connectivity index (χ4n) is 11.5. The Morgan fingerprint density at radius 3 is 1.16 bits per heavy atom. The number of carboxylic acid groups (broad SMARTS) is 1. The Labute approximate surface area is 595 Å². The van der Waals surface area contributed by atoms with Crippen molar-refractivity contribution in [2.24, 2.45) is 66.8 Å². The second-order valence-electron chi connectivity index (χ2n) is 25.5. The zero-order valence-corrected chi connectivity index (χ0v) is 58.5. The summed E-state index contributed by atoms with van der Waals surface area (Å²) in [5.41, 5.74) is 49.2. The molecule has 0 aliphatic rings. The minimum atomic E-state index is -1.47. The van der Waals surface area contributed by atoms with Crippen LogP contribution >= 0.6 is 0 Å². The first-order valence-electron chi connectivity index (χ1n) is 34.4. The van der Waals surface area contributed by atoms with Gasteiger partial charge in [-0.05, 0) is 119 Å². The number of aliphatic imine (C=N–C) groups is 3. The number of nitrogens with one attached hydrogen (secondary N) is 12. The maximum absolute atomic E-state index is 15.2. The number of para-hydroxylation sites is 3. The van der Waals surface area contributed by atoms with Crippen molar-refractivity contribution < 1.29 is 53.1 Å². The van der Waals surface area contributed by atoms with Crippen molar-refractivity contribution in [3.8, 4) is 0 Å². The smallest absolute Gasteiger partial charge is 0.326 e. The quantitative estimate of drug-likeness (QED) is 0.0115. The molecule has 3 aromatic carbocycles. The van der Waals surface area contributed by atoms with Crippen LogP contribution in [0.4, 0.5) is 0 Å². The third-order valence-electron chi connectivity index (χ3n) is 17.5. The first-order chi connectivity index (χ1) is 49.2. The van der Waals surface area contributed by atoms with E-state index >= 15 is 9.59 Å². The fourth-order valence-corrected chi connectivity index (χ4v) is 11.5. The van der Waals surface area contributed by atoms with Gasteiger partial charge in [0.2, 0.25) is 53.2 Å². The average molecular weight is 1430 g/mol. The summed E-state index contributed by atoms with van der Waals surface area (Å²) in [6.07, 6.45) is 6.67. The number of carbonyl (C=O) groups is 10. The number of benzene rings is 3. The number of H-pyrrole nitrogens is 3. The van der Waals surface area contributed by atoms with Gasteiger partial charge in [-0.1, -0.05) is 74.9 Å². The maximum atomic E-state index is 15.2. The first kappa shape index (κ1) is 80.7. The van der Waals surface area contributed by atoms with Crippen LogP contribution in [0.1, 0.15) is 109 Å². The largest absolute Gasteiger partial charge is 0.480 e. The molecule has 6 rings (SSSR count). The number of hydrogen-bond acceptors (Lipinski definition) is 15. The van der Waals surface area contributed by atoms with Gasteiger partial charge in [0.1, 0.15) is 54.4 Å². The van der Waals surface area contributed by atoms with Crippen LogP contribution < -0.4 is 93.7 Å². The molecule has 11 atom stereocenters. The molecule has 0 spiro atoms. The molecule has 0 aliphatic heterocycles. The molecular formula is C69H101N23O11. The summed E-state index contributed by atoms with van der Waals surface area (Å²) in [6.45, 7) is 6.84. The number of aliphatic carboxylic acids is 1. The fraction of sp³-hybridized carbons (Fsp3) is 0.464. The Bertz CT molecular complexity index is 3960. The van der Waals surface area contributed by atoms with E-state index in [9.17, 15) is 43.5 Å². The van der Waals surface area contributed by atoms with Crippen LogP contribution in [0.15, 0.2) is 106 Å². The molecule has 3 heterocycles. The summed E-state index contributed by atoms with van der Waals surface area (Å²) < 4.78 is 0. The molecule has 0 fully saturated rings. The number of nitrogens with zero attached hydrogens (tertiary/aromatic N) is 3. The van der Waals surface area contributed by atoms with E-state index in [1.165, 1.54) is 13.8 Å². The highest BCUT2D eigenvalue weighted by molar-refractivity contribution is 6.00. The molecule has 0 radical (unpaired) electrons. The lowest BCUT2D eigenvalue weighted by atomic mass is 9.96. The highest BCUT2D eigenvalue weighted by atomic mass is 16.4. The molecule has 6 aromatic rings. The highest BCUT2D eigenvalue weighted by Gasteiger charge is 2.37. The van der Waals surface area contributed by atoms with E-state index in [0.29, 0.717) is 59.8 Å². The van der Waals surface area contributed by atoms with Crippen LogP contribution in [-0.4, -0.2) is 184 Å². The van der Waals surface area contributed by atoms with Crippen LogP contribution in [0.5, 0.6) is 0 Å². The van der Waals surface area contributed by atoms with Gasteiger partial charge in [-0.15, -0.1) is 0 Å². The number of rotatable bonds is 43. The molecule has 0 unspecified atom stereocenters. The summed E-state index contributed by atoms with van der Waals surface area (Å²) in [7, 11) is 0. The van der Waals surface area contributed by atoms with E-state index in [-0.39, 0.29) is 95.3 Å². The zero-order valence-electron chi connectivity index (χ0n) is 58.5. The van der Waals surface area contributed by atoms with Crippen molar-refractivity contribution in [3.05, 3.63) is 108 Å². The van der Waals surface area contributed by atoms with Gasteiger partial charge in [-0.25, -0.2) is 4.79 Å². The SMILES string of the molecule is CC[C@H](C)[C@H](NC(=O)[C@H](Cc1c[nH]c2ccccc12)NC(=O)[C@H](CCCN=C(N)N)NC(=O)[C@H](CCCN=C(N)N)NC(=O)[C@@H](N)CCCN=C(N)N)C(=O)N[C@@H](Cc1c[nH]c2ccccc12)C(=O)N[C@@H](C)C(=O)N[C@@H](C)C(=O)N[C@@H](Cc1c[nH]c2ccccc12)C(=O)N[C@@H](CCCCN)C(=O)O. The maximum Gasteiger partial charge on any atom is 0.326 e. The van der Waals surface area contributed by atoms with Gasteiger partial charge in [0, 0.05) is 90.2 Å². The van der Waals surface area contributed by atoms with E-state index in [2.05, 4.69) is 77.8 Å². The molecule has 29 N–H and O–H groups in total. The van der Waals surface area contributed by atoms with Crippen LogP contribution in [0.2, 0.25) is 0 Å². The molecule has 558 valence electrons. The van der Waals surface area contributed by atoms with Gasteiger partial charge in [-0.2, -0.15) is 0 Å². The number of amides is 9. The second-order valence-corrected chi connectivity index (χ2v) is 25.5. The minimum absolute atomic E-state index is 0.0171. The van der Waals surface area contributed by atoms with E-state index in [0.717, 1.165) is 21.8 Å². The Morgan fingerprint density at radius 2 is 0.738 bits per heavy atom. The van der Waals surface area contributed by atoms with Crippen molar-refractivity contribution in [2.75, 3.05) is 26.2 Å². The van der Waals surface area contributed by atoms with Gasteiger partial charge >= 0.3 is 5.97 Å². The first-order valence-corrected chi connectivity index (χ1v) is 34.4. The van der Waals surface area contributed by atoms with Gasteiger partial charge < -0.3 is 114 Å². The molecule has 0 saturated heterocycles. The Morgan fingerprint density at radius 1 is 0.408 bits per heavy atom. The second kappa shape index (κ2) is 40.2. The van der Waals surface area contributed by atoms with Crippen molar-refractivity contribution >= 4 is 110 Å². The van der Waals surface area contributed by atoms with Crippen molar-refractivity contribution in [1.82, 2.24) is 62.8 Å². The molecule has 103 heavy (non-hydrogen) atoms. The Hall–Kier alpha value is -11.3. The highest BCUT2D eigenvalue weighted by Crippen LogP contribution is 2.23. The van der Waals surface area contributed by atoms with Crippen LogP contribution in [0.3, 0.4) is 0 Å². The van der Waals surface area contributed by atoms with Crippen molar-refractivity contribution in [1.29, 1.82) is 0 Å². The number of guanidine groups is 3. The standard InChI is InChI=1S/C69H101N23O11/c1-5-37(2)56(92-64(100)55(33-42-36-83-49-23-11-8-19-45(42)49)90-61(97)51(26-16-30-80-69(76)77)87-60(96)50(25-15-29-79-68(74)75)86-59(95)46(71)20-14-28-78-67(72)73)65(101)91-53(31-40-34-81-47-21-9-6-17-43(40)47)62(98)85-38(3)57(93)84-39(4)58(94)89-54(32-41-35-82-48-22-10-7-18-44(41)48)63(99)88-52(66(102)103)24-12-13-27-70/h6-11,17-19,21-23,34-39,46,50-56,81-83H,5,12-16,20,24-33,70-71H2,1-4H3,(H,84,93)(H,85,98)(H,86,95)(H,87,96)(H,88,99)(H,89,94)(H,90,97)(H,91,101)(H,92,100)(H,102,103)(H4,72,73,78)(H4,74,75,79)(H4,76,77,80)/t37-,38-,39-,46-,50-,51-,52-,53-,54-,55-,56-/m0/s1. The molecule has 0 bridgehead atoms. The number of aromatic amines is 3. The lowest BCUT2D eigenvalue weighted by Crippen LogP contribution is -2.61. The monoisotopic (exact) mass is 1430 g/mol.